The monoisotopic (exact) mass is 573 g/mol. The summed E-state index contributed by atoms with van der Waals surface area (Å²) in [7, 11) is 6.08. The van der Waals surface area contributed by atoms with Crippen molar-refractivity contribution >= 4 is 34.4 Å². The van der Waals surface area contributed by atoms with Crippen molar-refractivity contribution in [2.24, 2.45) is 0 Å². The van der Waals surface area contributed by atoms with Gasteiger partial charge < -0.3 is 24.9 Å². The normalized spacial score (nSPS) is 18.2. The second-order valence-corrected chi connectivity index (χ2v) is 12.0. The summed E-state index contributed by atoms with van der Waals surface area (Å²) in [5.41, 5.74) is 4.68. The number of hydrogen-bond donors (Lipinski definition) is 1. The van der Waals surface area contributed by atoms with Gasteiger partial charge in [-0.2, -0.15) is 4.98 Å². The highest BCUT2D eigenvalue weighted by Gasteiger charge is 2.30. The second kappa shape index (κ2) is 12.6. The average molecular weight is 574 g/mol. The van der Waals surface area contributed by atoms with E-state index >= 15 is 0 Å². The van der Waals surface area contributed by atoms with Crippen molar-refractivity contribution in [1.29, 1.82) is 0 Å². The molecule has 4 heterocycles. The van der Waals surface area contributed by atoms with E-state index in [-0.39, 0.29) is 23.4 Å². The Morgan fingerprint density at radius 2 is 1.90 bits per heavy atom. The molecule has 2 aliphatic heterocycles. The molecular weight excluding hydrogens is 530 g/mol. The summed E-state index contributed by atoms with van der Waals surface area (Å²) in [5, 5.41) is 3.34. The van der Waals surface area contributed by atoms with Gasteiger partial charge in [0.2, 0.25) is 11.9 Å². The lowest BCUT2D eigenvalue weighted by molar-refractivity contribution is -0.125. The third kappa shape index (κ3) is 6.47. The number of aromatic nitrogens is 4. The predicted octanol–water partition coefficient (Wildman–Crippen LogP) is 3.00. The Bertz CT molecular complexity index is 1520. The smallest absolute Gasteiger partial charge is 0.274 e. The third-order valence-electron chi connectivity index (χ3n) is 8.07. The number of benzene rings is 1. The number of carbonyl (C=O) groups is 1. The van der Waals surface area contributed by atoms with Crippen molar-refractivity contribution < 1.29 is 4.79 Å². The Labute approximate surface area is 247 Å². The standard InChI is InChI=1S/C31H43N9O2/c1-21(2)28-30(42)40(24-11-13-39(20-24)27(41)8-7-12-36(4)5)29-25(34-28)19-32-31(35-29)33-23-9-10-26(22(3)18-23)38-16-14-37(6)15-17-38/h7-10,18-19,21,24H,11-17,20H2,1-6H3,(H,32,33,35)/b8-7+/t24-/m0/s1. The molecule has 42 heavy (non-hydrogen) atoms. The van der Waals surface area contributed by atoms with Crippen LogP contribution in [0.2, 0.25) is 0 Å². The number of likely N-dealkylation sites (tertiary alicyclic amines) is 1. The lowest BCUT2D eigenvalue weighted by Crippen LogP contribution is -2.44. The molecule has 0 unspecified atom stereocenters. The van der Waals surface area contributed by atoms with Gasteiger partial charge in [0, 0.05) is 69.2 Å². The number of anilines is 3. The highest BCUT2D eigenvalue weighted by Crippen LogP contribution is 2.28. The van der Waals surface area contributed by atoms with E-state index in [2.05, 4.69) is 51.2 Å². The minimum atomic E-state index is -0.195. The van der Waals surface area contributed by atoms with Crippen LogP contribution in [0.25, 0.3) is 11.2 Å². The lowest BCUT2D eigenvalue weighted by atomic mass is 10.1. The summed E-state index contributed by atoms with van der Waals surface area (Å²) in [5.74, 6) is 0.308. The minimum absolute atomic E-state index is 0.0396. The molecular formula is C31H43N9O2. The molecule has 2 aromatic heterocycles. The number of aryl methyl sites for hydroxylation is 1. The zero-order valence-corrected chi connectivity index (χ0v) is 25.7. The Hall–Kier alpha value is -3.83. The molecule has 0 radical (unpaired) electrons. The number of nitrogens with zero attached hydrogens (tertiary/aromatic N) is 8. The van der Waals surface area contributed by atoms with Gasteiger partial charge in [-0.3, -0.25) is 14.2 Å². The fourth-order valence-electron chi connectivity index (χ4n) is 5.68. The van der Waals surface area contributed by atoms with E-state index in [1.807, 2.05) is 45.0 Å². The van der Waals surface area contributed by atoms with Crippen molar-refractivity contribution in [3.63, 3.8) is 0 Å². The molecule has 3 aromatic rings. The summed E-state index contributed by atoms with van der Waals surface area (Å²) in [4.78, 5) is 49.2. The van der Waals surface area contributed by atoms with Gasteiger partial charge in [0.15, 0.2) is 5.65 Å². The molecule has 1 aromatic carbocycles. The van der Waals surface area contributed by atoms with Crippen molar-refractivity contribution in [3.05, 3.63) is 58.2 Å². The van der Waals surface area contributed by atoms with E-state index in [4.69, 9.17) is 4.98 Å². The van der Waals surface area contributed by atoms with Crippen LogP contribution in [0.15, 0.2) is 41.3 Å². The SMILES string of the molecule is Cc1cc(Nc2ncc3nc(C(C)C)c(=O)n([C@H]4CCN(C(=O)/C=C/CN(C)C)C4)c3n2)ccc1N1CCN(C)CC1. The molecule has 1 amide bonds. The van der Waals surface area contributed by atoms with E-state index in [1.54, 1.807) is 21.7 Å². The Balaban J connectivity index is 1.42. The summed E-state index contributed by atoms with van der Waals surface area (Å²) >= 11 is 0. The maximum Gasteiger partial charge on any atom is 0.274 e. The highest BCUT2D eigenvalue weighted by molar-refractivity contribution is 5.87. The lowest BCUT2D eigenvalue weighted by Gasteiger charge is -2.35. The molecule has 2 saturated heterocycles. The van der Waals surface area contributed by atoms with E-state index in [0.717, 1.165) is 31.9 Å². The molecule has 0 bridgehead atoms. The largest absolute Gasteiger partial charge is 0.369 e. The van der Waals surface area contributed by atoms with E-state index in [0.29, 0.717) is 48.9 Å². The zero-order valence-electron chi connectivity index (χ0n) is 25.7. The number of nitrogens with one attached hydrogen (secondary N) is 1. The van der Waals surface area contributed by atoms with Crippen molar-refractivity contribution in [1.82, 2.24) is 34.2 Å². The summed E-state index contributed by atoms with van der Waals surface area (Å²) in [6, 6.07) is 6.11. The van der Waals surface area contributed by atoms with Crippen LogP contribution in [0, 0.1) is 6.92 Å². The fourth-order valence-corrected chi connectivity index (χ4v) is 5.68. The number of amides is 1. The Morgan fingerprint density at radius 1 is 1.14 bits per heavy atom. The van der Waals surface area contributed by atoms with Crippen LogP contribution in [-0.2, 0) is 4.79 Å². The number of rotatable bonds is 8. The second-order valence-electron chi connectivity index (χ2n) is 12.0. The number of hydrogen-bond acceptors (Lipinski definition) is 9. The van der Waals surface area contributed by atoms with Gasteiger partial charge in [0.05, 0.1) is 12.2 Å². The van der Waals surface area contributed by atoms with Crippen LogP contribution in [0.5, 0.6) is 0 Å². The highest BCUT2D eigenvalue weighted by atomic mass is 16.2. The summed E-state index contributed by atoms with van der Waals surface area (Å²) in [6.45, 7) is 11.9. The van der Waals surface area contributed by atoms with Gasteiger partial charge in [0.25, 0.3) is 5.56 Å². The van der Waals surface area contributed by atoms with Gasteiger partial charge in [-0.05, 0) is 58.3 Å². The van der Waals surface area contributed by atoms with Crippen LogP contribution in [0.4, 0.5) is 17.3 Å². The number of fused-ring (bicyclic) bond motifs is 1. The molecule has 0 spiro atoms. The summed E-state index contributed by atoms with van der Waals surface area (Å²) in [6.07, 6.45) is 5.84. The molecule has 0 aliphatic carbocycles. The first-order valence-corrected chi connectivity index (χ1v) is 14.8. The van der Waals surface area contributed by atoms with Crippen LogP contribution >= 0.6 is 0 Å². The van der Waals surface area contributed by atoms with Crippen molar-refractivity contribution in [3.8, 4) is 0 Å². The maximum atomic E-state index is 13.7. The Morgan fingerprint density at radius 3 is 2.60 bits per heavy atom. The first-order valence-electron chi connectivity index (χ1n) is 14.8. The van der Waals surface area contributed by atoms with Crippen molar-refractivity contribution in [2.75, 3.05) is 77.2 Å². The van der Waals surface area contributed by atoms with Crippen LogP contribution in [0.3, 0.4) is 0 Å². The summed E-state index contributed by atoms with van der Waals surface area (Å²) < 4.78 is 1.74. The molecule has 11 heteroatoms. The minimum Gasteiger partial charge on any atom is -0.369 e. The maximum absolute atomic E-state index is 13.7. The first-order chi connectivity index (χ1) is 20.1. The van der Waals surface area contributed by atoms with Crippen LogP contribution < -0.4 is 15.8 Å². The molecule has 0 saturated carbocycles. The fraction of sp³-hybridized carbons (Fsp3) is 0.516. The van der Waals surface area contributed by atoms with Crippen LogP contribution in [0.1, 0.15) is 43.5 Å². The molecule has 1 N–H and O–H groups in total. The molecule has 224 valence electrons. The topological polar surface area (TPSA) is 103 Å². The van der Waals surface area contributed by atoms with Crippen molar-refractivity contribution in [2.45, 2.75) is 39.2 Å². The van der Waals surface area contributed by atoms with E-state index < -0.39 is 0 Å². The van der Waals surface area contributed by atoms with Gasteiger partial charge in [-0.15, -0.1) is 0 Å². The molecule has 5 rings (SSSR count). The average Bonchev–Trinajstić information content (AvgIpc) is 3.43. The van der Waals surface area contributed by atoms with E-state index in [1.165, 1.54) is 11.3 Å². The number of piperazine rings is 1. The first kappa shape index (κ1) is 29.7. The molecule has 11 nitrogen and oxygen atoms in total. The van der Waals surface area contributed by atoms with Gasteiger partial charge in [0.1, 0.15) is 11.2 Å². The quantitative estimate of drug-likeness (QED) is 0.408. The number of carbonyl (C=O) groups excluding carboxylic acids is 1. The predicted molar refractivity (Wildman–Crippen MR) is 168 cm³/mol. The van der Waals surface area contributed by atoms with E-state index in [9.17, 15) is 9.59 Å². The van der Waals surface area contributed by atoms with Gasteiger partial charge in [-0.1, -0.05) is 19.9 Å². The third-order valence-corrected chi connectivity index (χ3v) is 8.07. The molecule has 2 aliphatic rings. The zero-order chi connectivity index (χ0) is 30.0. The Kier molecular flexibility index (Phi) is 8.88. The molecule has 1 atom stereocenters. The number of likely N-dealkylation sites (N-methyl/N-ethyl adjacent to an activating group) is 2. The van der Waals surface area contributed by atoms with Gasteiger partial charge >= 0.3 is 0 Å². The van der Waals surface area contributed by atoms with Gasteiger partial charge in [-0.25, -0.2) is 9.97 Å². The van der Waals surface area contributed by atoms with Crippen LogP contribution in [-0.4, -0.2) is 107 Å². The molecule has 2 fully saturated rings.